The van der Waals surface area contributed by atoms with Crippen molar-refractivity contribution in [3.05, 3.63) is 65.7 Å². The summed E-state index contributed by atoms with van der Waals surface area (Å²) in [5, 5.41) is 14.0. The zero-order valence-electron chi connectivity index (χ0n) is 14.5. The standard InChI is InChI=1S/C21H21N3O2/c25-21(26)19-16-8-4-5-9-18(16)23-20(15-6-2-1-3-7-15)17(19)14-24-12-10-22-11-13-24/h1-9,22H,10-14H2,(H,25,26). The first-order valence-corrected chi connectivity index (χ1v) is 8.87. The molecule has 0 radical (unpaired) electrons. The van der Waals surface area contributed by atoms with Crippen molar-refractivity contribution in [1.29, 1.82) is 0 Å². The Bertz CT molecular complexity index is 935. The van der Waals surface area contributed by atoms with Gasteiger partial charge < -0.3 is 10.4 Å². The van der Waals surface area contributed by atoms with Gasteiger partial charge >= 0.3 is 5.97 Å². The first-order valence-electron chi connectivity index (χ1n) is 8.87. The van der Waals surface area contributed by atoms with E-state index in [4.69, 9.17) is 4.98 Å². The molecule has 0 spiro atoms. The largest absolute Gasteiger partial charge is 0.478 e. The van der Waals surface area contributed by atoms with Gasteiger partial charge in [0.05, 0.1) is 16.8 Å². The lowest BCUT2D eigenvalue weighted by Crippen LogP contribution is -2.43. The molecule has 1 aliphatic heterocycles. The highest BCUT2D eigenvalue weighted by atomic mass is 16.4. The Morgan fingerprint density at radius 1 is 1.04 bits per heavy atom. The number of benzene rings is 2. The molecule has 0 unspecified atom stereocenters. The van der Waals surface area contributed by atoms with Crippen LogP contribution in [0.1, 0.15) is 15.9 Å². The number of carboxylic acids is 1. The topological polar surface area (TPSA) is 65.5 Å². The number of pyridine rings is 1. The summed E-state index contributed by atoms with van der Waals surface area (Å²) in [4.78, 5) is 19.3. The first-order chi connectivity index (χ1) is 12.7. The van der Waals surface area contributed by atoms with Gasteiger partial charge in [-0.1, -0.05) is 48.5 Å². The van der Waals surface area contributed by atoms with E-state index in [2.05, 4.69) is 10.2 Å². The molecule has 0 aliphatic carbocycles. The maximum atomic E-state index is 12.2. The van der Waals surface area contributed by atoms with Crippen LogP contribution in [0.5, 0.6) is 0 Å². The summed E-state index contributed by atoms with van der Waals surface area (Å²) in [6.07, 6.45) is 0. The predicted molar refractivity (Wildman–Crippen MR) is 102 cm³/mol. The number of carbonyl (C=O) groups is 1. The van der Waals surface area contributed by atoms with Crippen molar-refractivity contribution in [2.75, 3.05) is 26.2 Å². The lowest BCUT2D eigenvalue weighted by atomic mass is 9.96. The molecule has 5 heteroatoms. The fraction of sp³-hybridized carbons (Fsp3) is 0.238. The van der Waals surface area contributed by atoms with Crippen LogP contribution in [-0.4, -0.2) is 47.1 Å². The van der Waals surface area contributed by atoms with Gasteiger partial charge in [0.25, 0.3) is 0 Å². The van der Waals surface area contributed by atoms with Crippen LogP contribution in [0.2, 0.25) is 0 Å². The molecule has 26 heavy (non-hydrogen) atoms. The Morgan fingerprint density at radius 2 is 1.73 bits per heavy atom. The minimum absolute atomic E-state index is 0.369. The number of fused-ring (bicyclic) bond motifs is 1. The molecular formula is C21H21N3O2. The van der Waals surface area contributed by atoms with Crippen LogP contribution in [-0.2, 0) is 6.54 Å². The van der Waals surface area contributed by atoms with Crippen LogP contribution in [0.25, 0.3) is 22.2 Å². The zero-order chi connectivity index (χ0) is 17.9. The van der Waals surface area contributed by atoms with Crippen LogP contribution in [0.3, 0.4) is 0 Å². The lowest BCUT2D eigenvalue weighted by molar-refractivity contribution is 0.0696. The fourth-order valence-corrected chi connectivity index (χ4v) is 3.58. The molecule has 5 nitrogen and oxygen atoms in total. The second-order valence-electron chi connectivity index (χ2n) is 6.53. The Hall–Kier alpha value is -2.76. The maximum absolute atomic E-state index is 12.2. The predicted octanol–water partition coefficient (Wildman–Crippen LogP) is 3.01. The minimum Gasteiger partial charge on any atom is -0.478 e. The van der Waals surface area contributed by atoms with Crippen LogP contribution in [0.15, 0.2) is 54.6 Å². The van der Waals surface area contributed by atoms with Crippen LogP contribution < -0.4 is 5.32 Å². The number of rotatable bonds is 4. The van der Waals surface area contributed by atoms with Gasteiger partial charge in [0.2, 0.25) is 0 Å². The molecule has 4 rings (SSSR count). The normalized spacial score (nSPS) is 15.2. The Balaban J connectivity index is 1.94. The van der Waals surface area contributed by atoms with E-state index in [1.807, 2.05) is 54.6 Å². The molecule has 2 heterocycles. The molecule has 0 amide bonds. The molecule has 0 bridgehead atoms. The molecule has 1 aromatic heterocycles. The first kappa shape index (κ1) is 16.7. The van der Waals surface area contributed by atoms with Gasteiger partial charge in [0.1, 0.15) is 0 Å². The number of aromatic carboxylic acids is 1. The van der Waals surface area contributed by atoms with E-state index in [0.29, 0.717) is 23.0 Å². The van der Waals surface area contributed by atoms with E-state index in [9.17, 15) is 9.90 Å². The third kappa shape index (κ3) is 3.19. The molecule has 0 atom stereocenters. The van der Waals surface area contributed by atoms with Crippen molar-refractivity contribution < 1.29 is 9.90 Å². The van der Waals surface area contributed by atoms with Crippen molar-refractivity contribution in [3.63, 3.8) is 0 Å². The summed E-state index contributed by atoms with van der Waals surface area (Å²) in [5.41, 5.74) is 3.59. The van der Waals surface area contributed by atoms with Gasteiger partial charge in [-0.3, -0.25) is 4.90 Å². The molecule has 132 valence electrons. The van der Waals surface area contributed by atoms with Crippen molar-refractivity contribution >= 4 is 16.9 Å². The summed E-state index contributed by atoms with van der Waals surface area (Å²) in [5.74, 6) is -0.897. The lowest BCUT2D eigenvalue weighted by Gasteiger charge is -2.28. The number of aromatic nitrogens is 1. The number of hydrogen-bond donors (Lipinski definition) is 2. The van der Waals surface area contributed by atoms with Crippen molar-refractivity contribution in [2.24, 2.45) is 0 Å². The number of para-hydroxylation sites is 1. The number of hydrogen-bond acceptors (Lipinski definition) is 4. The quantitative estimate of drug-likeness (QED) is 0.759. The highest BCUT2D eigenvalue weighted by Gasteiger charge is 2.23. The third-order valence-corrected chi connectivity index (χ3v) is 4.85. The molecule has 2 N–H and O–H groups in total. The monoisotopic (exact) mass is 347 g/mol. The summed E-state index contributed by atoms with van der Waals surface area (Å²) in [6.45, 7) is 4.24. The van der Waals surface area contributed by atoms with Gasteiger partial charge in [-0.05, 0) is 6.07 Å². The van der Waals surface area contributed by atoms with Crippen LogP contribution in [0, 0.1) is 0 Å². The Kier molecular flexibility index (Phi) is 4.65. The van der Waals surface area contributed by atoms with E-state index in [0.717, 1.165) is 43.0 Å². The average molecular weight is 347 g/mol. The number of piperazine rings is 1. The van der Waals surface area contributed by atoms with Crippen molar-refractivity contribution in [2.45, 2.75) is 6.54 Å². The number of nitrogens with one attached hydrogen (secondary N) is 1. The van der Waals surface area contributed by atoms with E-state index >= 15 is 0 Å². The molecule has 1 fully saturated rings. The molecule has 1 saturated heterocycles. The smallest absolute Gasteiger partial charge is 0.336 e. The highest BCUT2D eigenvalue weighted by Crippen LogP contribution is 2.31. The zero-order valence-corrected chi connectivity index (χ0v) is 14.5. The van der Waals surface area contributed by atoms with E-state index < -0.39 is 5.97 Å². The van der Waals surface area contributed by atoms with Crippen molar-refractivity contribution in [1.82, 2.24) is 15.2 Å². The van der Waals surface area contributed by atoms with Gasteiger partial charge in [-0.25, -0.2) is 9.78 Å². The van der Waals surface area contributed by atoms with E-state index in [1.165, 1.54) is 0 Å². The number of nitrogens with zero attached hydrogens (tertiary/aromatic N) is 2. The van der Waals surface area contributed by atoms with Gasteiger partial charge in [-0.15, -0.1) is 0 Å². The molecular weight excluding hydrogens is 326 g/mol. The summed E-state index contributed by atoms with van der Waals surface area (Å²) < 4.78 is 0. The summed E-state index contributed by atoms with van der Waals surface area (Å²) in [7, 11) is 0. The van der Waals surface area contributed by atoms with Crippen LogP contribution in [0.4, 0.5) is 0 Å². The maximum Gasteiger partial charge on any atom is 0.336 e. The molecule has 1 aliphatic rings. The fourth-order valence-electron chi connectivity index (χ4n) is 3.58. The highest BCUT2D eigenvalue weighted by molar-refractivity contribution is 6.05. The van der Waals surface area contributed by atoms with Gasteiger partial charge in [0.15, 0.2) is 0 Å². The Labute approximate surface area is 152 Å². The van der Waals surface area contributed by atoms with Gasteiger partial charge in [-0.2, -0.15) is 0 Å². The minimum atomic E-state index is -0.897. The van der Waals surface area contributed by atoms with Crippen molar-refractivity contribution in [3.8, 4) is 11.3 Å². The number of carboxylic acid groups (broad SMARTS) is 1. The summed E-state index contributed by atoms with van der Waals surface area (Å²) in [6, 6.07) is 17.3. The van der Waals surface area contributed by atoms with Gasteiger partial charge in [0, 0.05) is 49.2 Å². The SMILES string of the molecule is O=C(O)c1c(CN2CCNCC2)c(-c2ccccc2)nc2ccccc12. The molecule has 0 saturated carbocycles. The second kappa shape index (κ2) is 7.23. The van der Waals surface area contributed by atoms with E-state index in [-0.39, 0.29) is 0 Å². The third-order valence-electron chi connectivity index (χ3n) is 4.85. The second-order valence-corrected chi connectivity index (χ2v) is 6.53. The molecule has 3 aromatic rings. The summed E-state index contributed by atoms with van der Waals surface area (Å²) >= 11 is 0. The molecule has 2 aromatic carbocycles. The van der Waals surface area contributed by atoms with Crippen LogP contribution >= 0.6 is 0 Å². The average Bonchev–Trinajstić information content (AvgIpc) is 2.68. The van der Waals surface area contributed by atoms with E-state index in [1.54, 1.807) is 0 Å². The Morgan fingerprint density at radius 3 is 2.46 bits per heavy atom.